The summed E-state index contributed by atoms with van der Waals surface area (Å²) in [5.74, 6) is 0. The maximum atomic E-state index is 8.90. The zero-order valence-electron chi connectivity index (χ0n) is 8.25. The molecule has 0 fully saturated rings. The predicted molar refractivity (Wildman–Crippen MR) is 57.3 cm³/mol. The van der Waals surface area contributed by atoms with Crippen LogP contribution in [0, 0.1) is 0 Å². The van der Waals surface area contributed by atoms with E-state index in [-0.39, 0.29) is 0 Å². The van der Waals surface area contributed by atoms with Crippen molar-refractivity contribution in [2.45, 2.75) is 19.4 Å². The second-order valence-electron chi connectivity index (χ2n) is 3.42. The van der Waals surface area contributed by atoms with Crippen molar-refractivity contribution in [2.24, 2.45) is 0 Å². The average Bonchev–Trinajstić information content (AvgIpc) is 2.16. The molecule has 0 aliphatic heterocycles. The minimum absolute atomic E-state index is 0.604. The SMILES string of the molecule is C=C(C)C(C)(OO)c1cccc(Cl)c1. The molecule has 0 saturated carbocycles. The first kappa shape index (κ1) is 11.2. The summed E-state index contributed by atoms with van der Waals surface area (Å²) in [5, 5.41) is 9.50. The number of benzene rings is 1. The van der Waals surface area contributed by atoms with E-state index in [2.05, 4.69) is 11.5 Å². The van der Waals surface area contributed by atoms with Gasteiger partial charge in [0.1, 0.15) is 5.60 Å². The van der Waals surface area contributed by atoms with E-state index in [4.69, 9.17) is 16.9 Å². The molecule has 1 aromatic rings. The van der Waals surface area contributed by atoms with Crippen molar-refractivity contribution in [3.63, 3.8) is 0 Å². The summed E-state index contributed by atoms with van der Waals surface area (Å²) < 4.78 is 0. The van der Waals surface area contributed by atoms with Gasteiger partial charge in [0.2, 0.25) is 0 Å². The molecule has 1 atom stereocenters. The van der Waals surface area contributed by atoms with Crippen molar-refractivity contribution in [1.82, 2.24) is 0 Å². The van der Waals surface area contributed by atoms with Crippen LogP contribution in [0.15, 0.2) is 36.4 Å². The van der Waals surface area contributed by atoms with Gasteiger partial charge in [-0.1, -0.05) is 30.3 Å². The Morgan fingerprint density at radius 2 is 2.21 bits per heavy atom. The molecule has 0 bridgehead atoms. The Hall–Kier alpha value is -0.830. The maximum Gasteiger partial charge on any atom is 0.146 e. The highest BCUT2D eigenvalue weighted by atomic mass is 35.5. The molecular formula is C11H13ClO2. The molecule has 0 aliphatic rings. The summed E-state index contributed by atoms with van der Waals surface area (Å²) in [7, 11) is 0. The highest BCUT2D eigenvalue weighted by Crippen LogP contribution is 2.32. The Morgan fingerprint density at radius 3 is 2.64 bits per heavy atom. The number of rotatable bonds is 3. The van der Waals surface area contributed by atoms with Gasteiger partial charge in [-0.05, 0) is 37.1 Å². The molecule has 3 heteroatoms. The minimum Gasteiger partial charge on any atom is -0.251 e. The molecule has 0 spiro atoms. The third-order valence-electron chi connectivity index (χ3n) is 2.37. The second kappa shape index (κ2) is 4.13. The average molecular weight is 213 g/mol. The van der Waals surface area contributed by atoms with Gasteiger partial charge in [0.25, 0.3) is 0 Å². The van der Waals surface area contributed by atoms with Gasteiger partial charge in [0.05, 0.1) is 0 Å². The molecule has 76 valence electrons. The summed E-state index contributed by atoms with van der Waals surface area (Å²) in [4.78, 5) is 4.48. The Bertz CT molecular complexity index is 349. The van der Waals surface area contributed by atoms with Crippen LogP contribution >= 0.6 is 11.6 Å². The lowest BCUT2D eigenvalue weighted by molar-refractivity contribution is -0.311. The first-order chi connectivity index (χ1) is 6.50. The van der Waals surface area contributed by atoms with Gasteiger partial charge < -0.3 is 0 Å². The monoisotopic (exact) mass is 212 g/mol. The van der Waals surface area contributed by atoms with E-state index in [9.17, 15) is 0 Å². The predicted octanol–water partition coefficient (Wildman–Crippen LogP) is 3.62. The first-order valence-electron chi connectivity index (χ1n) is 4.25. The summed E-state index contributed by atoms with van der Waals surface area (Å²) in [6.07, 6.45) is 0. The molecule has 0 saturated heterocycles. The molecule has 2 nitrogen and oxygen atoms in total. The molecule has 0 heterocycles. The van der Waals surface area contributed by atoms with Gasteiger partial charge in [-0.2, -0.15) is 0 Å². The molecule has 1 N–H and O–H groups in total. The topological polar surface area (TPSA) is 29.5 Å². The van der Waals surface area contributed by atoms with Gasteiger partial charge in [-0.3, -0.25) is 5.26 Å². The molecule has 0 radical (unpaired) electrons. The van der Waals surface area contributed by atoms with E-state index in [1.807, 2.05) is 6.07 Å². The third-order valence-corrected chi connectivity index (χ3v) is 2.61. The quantitative estimate of drug-likeness (QED) is 0.471. The Morgan fingerprint density at radius 1 is 1.57 bits per heavy atom. The van der Waals surface area contributed by atoms with Crippen LogP contribution in [0.1, 0.15) is 19.4 Å². The van der Waals surface area contributed by atoms with Crippen LogP contribution < -0.4 is 0 Å². The van der Waals surface area contributed by atoms with Crippen molar-refractivity contribution in [3.8, 4) is 0 Å². The van der Waals surface area contributed by atoms with E-state index in [0.29, 0.717) is 10.6 Å². The van der Waals surface area contributed by atoms with Crippen molar-refractivity contribution >= 4 is 11.6 Å². The maximum absolute atomic E-state index is 8.90. The van der Waals surface area contributed by atoms with E-state index in [1.165, 1.54) is 0 Å². The van der Waals surface area contributed by atoms with E-state index < -0.39 is 5.60 Å². The summed E-state index contributed by atoms with van der Waals surface area (Å²) in [6.45, 7) is 7.30. The van der Waals surface area contributed by atoms with Gasteiger partial charge >= 0.3 is 0 Å². The van der Waals surface area contributed by atoms with Crippen LogP contribution in [0.5, 0.6) is 0 Å². The fourth-order valence-corrected chi connectivity index (χ4v) is 1.35. The van der Waals surface area contributed by atoms with E-state index >= 15 is 0 Å². The molecule has 0 aromatic heterocycles. The van der Waals surface area contributed by atoms with Crippen LogP contribution in [0.2, 0.25) is 5.02 Å². The number of hydrogen-bond acceptors (Lipinski definition) is 2. The standard InChI is InChI=1S/C11H13ClO2/c1-8(2)11(3,14-13)9-5-4-6-10(12)7-9/h4-7,13H,1H2,2-3H3. The third kappa shape index (κ3) is 1.98. The molecule has 1 unspecified atom stereocenters. The molecule has 1 aromatic carbocycles. The molecule has 0 aliphatic carbocycles. The van der Waals surface area contributed by atoms with E-state index in [1.54, 1.807) is 32.0 Å². The first-order valence-corrected chi connectivity index (χ1v) is 4.63. The fraction of sp³-hybridized carbons (Fsp3) is 0.273. The van der Waals surface area contributed by atoms with E-state index in [0.717, 1.165) is 5.56 Å². The van der Waals surface area contributed by atoms with Crippen molar-refractivity contribution in [2.75, 3.05) is 0 Å². The zero-order chi connectivity index (χ0) is 10.8. The van der Waals surface area contributed by atoms with Crippen molar-refractivity contribution < 1.29 is 10.1 Å². The summed E-state index contributed by atoms with van der Waals surface area (Å²) in [5.41, 5.74) is 0.590. The van der Waals surface area contributed by atoms with Crippen molar-refractivity contribution in [1.29, 1.82) is 0 Å². The summed E-state index contributed by atoms with van der Waals surface area (Å²) in [6, 6.07) is 7.14. The number of halogens is 1. The van der Waals surface area contributed by atoms with Crippen molar-refractivity contribution in [3.05, 3.63) is 47.0 Å². The van der Waals surface area contributed by atoms with Crippen LogP contribution in [0.3, 0.4) is 0 Å². The second-order valence-corrected chi connectivity index (χ2v) is 3.85. The fourth-order valence-electron chi connectivity index (χ4n) is 1.16. The summed E-state index contributed by atoms with van der Waals surface area (Å²) >= 11 is 5.85. The lowest BCUT2D eigenvalue weighted by atomic mass is 9.90. The smallest absolute Gasteiger partial charge is 0.146 e. The molecule has 14 heavy (non-hydrogen) atoms. The lowest BCUT2D eigenvalue weighted by Crippen LogP contribution is -2.25. The van der Waals surface area contributed by atoms with Gasteiger partial charge in [-0.15, -0.1) is 0 Å². The Labute approximate surface area is 88.7 Å². The number of hydrogen-bond donors (Lipinski definition) is 1. The zero-order valence-corrected chi connectivity index (χ0v) is 9.01. The lowest BCUT2D eigenvalue weighted by Gasteiger charge is -2.26. The molecule has 1 rings (SSSR count). The van der Waals surface area contributed by atoms with Gasteiger partial charge in [-0.25, -0.2) is 4.89 Å². The minimum atomic E-state index is -0.898. The molecule has 0 amide bonds. The molecular weight excluding hydrogens is 200 g/mol. The largest absolute Gasteiger partial charge is 0.251 e. The highest BCUT2D eigenvalue weighted by Gasteiger charge is 2.29. The van der Waals surface area contributed by atoms with Gasteiger partial charge in [0, 0.05) is 5.02 Å². The van der Waals surface area contributed by atoms with Gasteiger partial charge in [0.15, 0.2) is 0 Å². The highest BCUT2D eigenvalue weighted by molar-refractivity contribution is 6.30. The van der Waals surface area contributed by atoms with Crippen LogP contribution in [0.4, 0.5) is 0 Å². The normalized spacial score (nSPS) is 14.9. The van der Waals surface area contributed by atoms with Crippen LogP contribution in [-0.2, 0) is 10.5 Å². The Balaban J connectivity index is 3.19. The van der Waals surface area contributed by atoms with Crippen LogP contribution in [-0.4, -0.2) is 5.26 Å². The van der Waals surface area contributed by atoms with Crippen LogP contribution in [0.25, 0.3) is 0 Å². The Kier molecular flexibility index (Phi) is 3.32.